The molecule has 0 saturated carbocycles. The lowest BCUT2D eigenvalue weighted by Crippen LogP contribution is -1.92. The van der Waals surface area contributed by atoms with Gasteiger partial charge in [-0.05, 0) is 30.3 Å². The second kappa shape index (κ2) is 5.05. The molecule has 0 aliphatic carbocycles. The van der Waals surface area contributed by atoms with Crippen molar-refractivity contribution in [3.05, 3.63) is 52.3 Å². The number of pyridine rings is 1. The van der Waals surface area contributed by atoms with E-state index in [2.05, 4.69) is 10.3 Å². The Hall–Kier alpha value is -1.76. The Kier molecular flexibility index (Phi) is 3.48. The lowest BCUT2D eigenvalue weighted by atomic mass is 10.3. The average molecular weight is 264 g/mol. The number of hydrogen-bond acceptors (Lipinski definition) is 3. The maximum atomic E-state index is 8.63. The summed E-state index contributed by atoms with van der Waals surface area (Å²) in [5, 5.41) is 12.9. The molecule has 1 aromatic heterocycles. The Labute approximate surface area is 109 Å². The first-order chi connectivity index (χ1) is 8.19. The summed E-state index contributed by atoms with van der Waals surface area (Å²) in [4.78, 5) is 3.95. The van der Waals surface area contributed by atoms with Crippen molar-refractivity contribution in [1.82, 2.24) is 4.98 Å². The van der Waals surface area contributed by atoms with Crippen LogP contribution in [-0.4, -0.2) is 4.98 Å². The van der Waals surface area contributed by atoms with Gasteiger partial charge in [0.25, 0.3) is 0 Å². The number of halogens is 2. The molecule has 1 aromatic carbocycles. The number of rotatable bonds is 2. The van der Waals surface area contributed by atoms with Crippen molar-refractivity contribution < 1.29 is 0 Å². The first kappa shape index (κ1) is 11.7. The van der Waals surface area contributed by atoms with Gasteiger partial charge in [0.1, 0.15) is 11.8 Å². The summed E-state index contributed by atoms with van der Waals surface area (Å²) in [6.07, 6.45) is 1.57. The van der Waals surface area contributed by atoms with E-state index in [9.17, 15) is 0 Å². The third-order valence-corrected chi connectivity index (χ3v) is 2.65. The van der Waals surface area contributed by atoms with Gasteiger partial charge in [0, 0.05) is 5.02 Å². The van der Waals surface area contributed by atoms with E-state index in [0.29, 0.717) is 21.4 Å². The van der Waals surface area contributed by atoms with Crippen molar-refractivity contribution in [3.8, 4) is 6.07 Å². The molecule has 5 heteroatoms. The van der Waals surface area contributed by atoms with Crippen molar-refractivity contribution in [2.24, 2.45) is 0 Å². The first-order valence-electron chi connectivity index (χ1n) is 4.77. The minimum absolute atomic E-state index is 0.368. The van der Waals surface area contributed by atoms with E-state index in [0.717, 1.165) is 5.69 Å². The highest BCUT2D eigenvalue weighted by Gasteiger charge is 2.02. The van der Waals surface area contributed by atoms with Gasteiger partial charge in [0.15, 0.2) is 0 Å². The highest BCUT2D eigenvalue weighted by Crippen LogP contribution is 2.28. The van der Waals surface area contributed by atoms with E-state index in [1.54, 1.807) is 36.5 Å². The zero-order valence-corrected chi connectivity index (χ0v) is 10.1. The minimum Gasteiger partial charge on any atom is -0.353 e. The molecule has 0 atom stereocenters. The van der Waals surface area contributed by atoms with E-state index in [-0.39, 0.29) is 0 Å². The van der Waals surface area contributed by atoms with Crippen LogP contribution in [-0.2, 0) is 0 Å². The van der Waals surface area contributed by atoms with Crippen LogP contribution in [0, 0.1) is 11.3 Å². The predicted molar refractivity (Wildman–Crippen MR) is 68.7 cm³/mol. The third kappa shape index (κ3) is 2.88. The summed E-state index contributed by atoms with van der Waals surface area (Å²) in [5.41, 5.74) is 1.81. The van der Waals surface area contributed by atoms with Gasteiger partial charge < -0.3 is 5.32 Å². The van der Waals surface area contributed by atoms with Crippen LogP contribution in [0.5, 0.6) is 0 Å². The molecular formula is C12H7Cl2N3. The number of hydrogen-bond donors (Lipinski definition) is 1. The molecule has 17 heavy (non-hydrogen) atoms. The van der Waals surface area contributed by atoms with E-state index in [1.165, 1.54) is 0 Å². The number of nitriles is 1. The molecule has 0 radical (unpaired) electrons. The van der Waals surface area contributed by atoms with Crippen LogP contribution in [0.1, 0.15) is 5.69 Å². The standard InChI is InChI=1S/C12H7Cl2N3/c13-8-1-4-11(14)12(5-8)17-10-3-2-9(6-15)16-7-10/h1-5,7,17H. The summed E-state index contributed by atoms with van der Waals surface area (Å²) in [5.74, 6) is 0. The zero-order valence-electron chi connectivity index (χ0n) is 8.61. The molecule has 2 rings (SSSR count). The van der Waals surface area contributed by atoms with Gasteiger partial charge in [-0.1, -0.05) is 23.2 Å². The van der Waals surface area contributed by atoms with Crippen LogP contribution in [0.2, 0.25) is 10.0 Å². The topological polar surface area (TPSA) is 48.7 Å². The number of anilines is 2. The summed E-state index contributed by atoms with van der Waals surface area (Å²) < 4.78 is 0. The quantitative estimate of drug-likeness (QED) is 0.891. The summed E-state index contributed by atoms with van der Waals surface area (Å²) in [6.45, 7) is 0. The van der Waals surface area contributed by atoms with E-state index in [4.69, 9.17) is 28.5 Å². The number of nitrogens with one attached hydrogen (secondary N) is 1. The fourth-order valence-corrected chi connectivity index (χ4v) is 1.62. The second-order valence-corrected chi connectivity index (χ2v) is 4.14. The molecule has 2 aromatic rings. The second-order valence-electron chi connectivity index (χ2n) is 3.29. The monoisotopic (exact) mass is 263 g/mol. The molecule has 0 saturated heterocycles. The Morgan fingerprint density at radius 1 is 1.18 bits per heavy atom. The molecule has 3 nitrogen and oxygen atoms in total. The Morgan fingerprint density at radius 3 is 2.65 bits per heavy atom. The lowest BCUT2D eigenvalue weighted by Gasteiger charge is -2.08. The number of aromatic nitrogens is 1. The van der Waals surface area contributed by atoms with E-state index >= 15 is 0 Å². The summed E-state index contributed by atoms with van der Waals surface area (Å²) in [6, 6.07) is 10.5. The molecule has 1 N–H and O–H groups in total. The van der Waals surface area contributed by atoms with Crippen molar-refractivity contribution in [2.75, 3.05) is 5.32 Å². The van der Waals surface area contributed by atoms with Crippen LogP contribution < -0.4 is 5.32 Å². The highest BCUT2D eigenvalue weighted by molar-refractivity contribution is 6.35. The van der Waals surface area contributed by atoms with Gasteiger partial charge in [-0.25, -0.2) is 4.98 Å². The van der Waals surface area contributed by atoms with Crippen molar-refractivity contribution in [1.29, 1.82) is 5.26 Å². The molecule has 84 valence electrons. The normalized spacial score (nSPS) is 9.71. The zero-order chi connectivity index (χ0) is 12.3. The smallest absolute Gasteiger partial charge is 0.140 e. The molecular weight excluding hydrogens is 257 g/mol. The molecule has 0 spiro atoms. The van der Waals surface area contributed by atoms with Crippen molar-refractivity contribution in [3.63, 3.8) is 0 Å². The first-order valence-corrected chi connectivity index (χ1v) is 5.53. The average Bonchev–Trinajstić information content (AvgIpc) is 2.35. The maximum Gasteiger partial charge on any atom is 0.140 e. The Bertz CT molecular complexity index is 573. The number of nitrogens with zero attached hydrogens (tertiary/aromatic N) is 2. The molecule has 0 aliphatic heterocycles. The minimum atomic E-state index is 0.368. The van der Waals surface area contributed by atoms with Crippen LogP contribution in [0.25, 0.3) is 0 Å². The summed E-state index contributed by atoms with van der Waals surface area (Å²) in [7, 11) is 0. The fraction of sp³-hybridized carbons (Fsp3) is 0. The molecule has 0 amide bonds. The van der Waals surface area contributed by atoms with Crippen LogP contribution in [0.3, 0.4) is 0 Å². The Balaban J connectivity index is 2.25. The molecule has 0 aliphatic rings. The van der Waals surface area contributed by atoms with E-state index in [1.807, 2.05) is 6.07 Å². The van der Waals surface area contributed by atoms with Gasteiger partial charge >= 0.3 is 0 Å². The summed E-state index contributed by atoms with van der Waals surface area (Å²) >= 11 is 11.9. The fourth-order valence-electron chi connectivity index (χ4n) is 1.28. The molecule has 1 heterocycles. The van der Waals surface area contributed by atoms with Gasteiger partial charge in [0.05, 0.1) is 22.6 Å². The SMILES string of the molecule is N#Cc1ccc(Nc2cc(Cl)ccc2Cl)cn1. The number of benzene rings is 1. The van der Waals surface area contributed by atoms with Crippen LogP contribution in [0.15, 0.2) is 36.5 Å². The van der Waals surface area contributed by atoms with Gasteiger partial charge in [-0.3, -0.25) is 0 Å². The van der Waals surface area contributed by atoms with Gasteiger partial charge in [0.2, 0.25) is 0 Å². The van der Waals surface area contributed by atoms with Gasteiger partial charge in [-0.15, -0.1) is 0 Å². The van der Waals surface area contributed by atoms with E-state index < -0.39 is 0 Å². The van der Waals surface area contributed by atoms with Crippen molar-refractivity contribution in [2.45, 2.75) is 0 Å². The molecule has 0 bridgehead atoms. The lowest BCUT2D eigenvalue weighted by molar-refractivity contribution is 1.26. The largest absolute Gasteiger partial charge is 0.353 e. The Morgan fingerprint density at radius 2 is 2.00 bits per heavy atom. The third-order valence-electron chi connectivity index (χ3n) is 2.09. The van der Waals surface area contributed by atoms with Crippen LogP contribution >= 0.6 is 23.2 Å². The molecule has 0 fully saturated rings. The van der Waals surface area contributed by atoms with Gasteiger partial charge in [-0.2, -0.15) is 5.26 Å². The van der Waals surface area contributed by atoms with Crippen LogP contribution in [0.4, 0.5) is 11.4 Å². The highest BCUT2D eigenvalue weighted by atomic mass is 35.5. The maximum absolute atomic E-state index is 8.63. The van der Waals surface area contributed by atoms with Crippen molar-refractivity contribution >= 4 is 34.6 Å². The predicted octanol–water partition coefficient (Wildman–Crippen LogP) is 4.00. The molecule has 0 unspecified atom stereocenters.